The minimum Gasteiger partial charge on any atom is -0.477 e. The van der Waals surface area contributed by atoms with E-state index in [1.807, 2.05) is 0 Å². The largest absolute Gasteiger partial charge is 0.477 e. The zero-order chi connectivity index (χ0) is 13.3. The van der Waals surface area contributed by atoms with E-state index in [4.69, 9.17) is 16.7 Å². The van der Waals surface area contributed by atoms with Crippen LogP contribution < -0.4 is 0 Å². The number of carbonyl (C=O) groups is 2. The van der Waals surface area contributed by atoms with Gasteiger partial charge in [-0.2, -0.15) is 0 Å². The van der Waals surface area contributed by atoms with Crippen LogP contribution >= 0.6 is 11.6 Å². The number of ketones is 1. The summed E-state index contributed by atoms with van der Waals surface area (Å²) in [5, 5.41) is 8.44. The zero-order valence-electron chi connectivity index (χ0n) is 8.91. The van der Waals surface area contributed by atoms with Crippen LogP contribution in [0, 0.1) is 5.82 Å². The van der Waals surface area contributed by atoms with Gasteiger partial charge in [0.25, 0.3) is 0 Å². The molecule has 0 unspecified atom stereocenters. The number of aromatic nitrogens is 1. The maximum Gasteiger partial charge on any atom is 0.352 e. The second kappa shape index (κ2) is 4.62. The van der Waals surface area contributed by atoms with E-state index in [1.165, 1.54) is 24.4 Å². The van der Waals surface area contributed by atoms with Gasteiger partial charge in [0.2, 0.25) is 0 Å². The lowest BCUT2D eigenvalue weighted by Gasteiger charge is -2.01. The monoisotopic (exact) mass is 267 g/mol. The molecule has 0 aliphatic rings. The molecule has 0 aliphatic heterocycles. The summed E-state index contributed by atoms with van der Waals surface area (Å²) in [7, 11) is 0. The number of halogens is 2. The van der Waals surface area contributed by atoms with Crippen molar-refractivity contribution in [3.8, 4) is 0 Å². The summed E-state index contributed by atoms with van der Waals surface area (Å²) in [6, 6.07) is 5.05. The van der Waals surface area contributed by atoms with Gasteiger partial charge in [-0.05, 0) is 18.2 Å². The minimum atomic E-state index is -1.18. The highest BCUT2D eigenvalue weighted by atomic mass is 35.5. The Morgan fingerprint density at radius 3 is 2.67 bits per heavy atom. The second-order valence-corrected chi connectivity index (χ2v) is 3.92. The van der Waals surface area contributed by atoms with E-state index in [1.54, 1.807) is 0 Å². The Bertz CT molecular complexity index is 636. The van der Waals surface area contributed by atoms with Gasteiger partial charge in [-0.15, -0.1) is 0 Å². The first-order valence-corrected chi connectivity index (χ1v) is 5.29. The number of H-pyrrole nitrogens is 1. The fourth-order valence-corrected chi connectivity index (χ4v) is 1.70. The van der Waals surface area contributed by atoms with Gasteiger partial charge < -0.3 is 10.1 Å². The van der Waals surface area contributed by atoms with Gasteiger partial charge in [0.15, 0.2) is 5.78 Å². The molecule has 2 N–H and O–H groups in total. The number of hydrogen-bond acceptors (Lipinski definition) is 2. The van der Waals surface area contributed by atoms with Crippen molar-refractivity contribution < 1.29 is 19.1 Å². The first-order chi connectivity index (χ1) is 8.50. The third-order valence-electron chi connectivity index (χ3n) is 2.37. The van der Waals surface area contributed by atoms with Crippen LogP contribution in [-0.4, -0.2) is 21.8 Å². The van der Waals surface area contributed by atoms with Gasteiger partial charge in [0, 0.05) is 17.3 Å². The molecule has 1 aromatic carbocycles. The van der Waals surface area contributed by atoms with Crippen molar-refractivity contribution in [1.29, 1.82) is 0 Å². The molecule has 1 heterocycles. The fourth-order valence-electron chi connectivity index (χ4n) is 1.48. The summed E-state index contributed by atoms with van der Waals surface area (Å²) < 4.78 is 13.2. The Morgan fingerprint density at radius 2 is 2.06 bits per heavy atom. The van der Waals surface area contributed by atoms with Crippen LogP contribution in [0.4, 0.5) is 4.39 Å². The molecule has 0 fully saturated rings. The zero-order valence-corrected chi connectivity index (χ0v) is 9.66. The molecule has 0 aliphatic carbocycles. The third-order valence-corrected chi connectivity index (χ3v) is 2.76. The average molecular weight is 268 g/mol. The van der Waals surface area contributed by atoms with Crippen LogP contribution in [0.25, 0.3) is 0 Å². The molecule has 0 bridgehead atoms. The topological polar surface area (TPSA) is 70.2 Å². The summed E-state index contributed by atoms with van der Waals surface area (Å²) in [4.78, 5) is 25.1. The molecule has 0 radical (unpaired) electrons. The van der Waals surface area contributed by atoms with Crippen LogP contribution in [-0.2, 0) is 0 Å². The van der Waals surface area contributed by atoms with Crippen LogP contribution in [0.1, 0.15) is 26.4 Å². The van der Waals surface area contributed by atoms with Gasteiger partial charge in [0.1, 0.15) is 11.5 Å². The summed E-state index contributed by atoms with van der Waals surface area (Å²) in [6.45, 7) is 0. The van der Waals surface area contributed by atoms with Crippen molar-refractivity contribution in [1.82, 2.24) is 4.98 Å². The average Bonchev–Trinajstić information content (AvgIpc) is 2.81. The fraction of sp³-hybridized carbons (Fsp3) is 0. The Labute approximate surface area is 106 Å². The number of hydrogen-bond donors (Lipinski definition) is 2. The van der Waals surface area contributed by atoms with Crippen molar-refractivity contribution >= 4 is 23.4 Å². The van der Waals surface area contributed by atoms with E-state index < -0.39 is 17.6 Å². The van der Waals surface area contributed by atoms with Gasteiger partial charge in [-0.1, -0.05) is 17.7 Å². The van der Waals surface area contributed by atoms with Gasteiger partial charge >= 0.3 is 5.97 Å². The van der Waals surface area contributed by atoms with E-state index in [0.29, 0.717) is 0 Å². The molecule has 0 atom stereocenters. The molecule has 0 saturated carbocycles. The highest BCUT2D eigenvalue weighted by molar-refractivity contribution is 6.35. The number of carboxylic acid groups (broad SMARTS) is 1. The number of benzene rings is 1. The Morgan fingerprint density at radius 1 is 1.33 bits per heavy atom. The molecule has 4 nitrogen and oxygen atoms in total. The summed E-state index contributed by atoms with van der Waals surface area (Å²) in [5.74, 6) is -2.42. The number of aromatic carboxylic acids is 1. The van der Waals surface area contributed by atoms with Crippen LogP contribution in [0.15, 0.2) is 30.5 Å². The summed E-state index contributed by atoms with van der Waals surface area (Å²) >= 11 is 5.68. The lowest BCUT2D eigenvalue weighted by molar-refractivity contribution is 0.0691. The normalized spacial score (nSPS) is 10.3. The lowest BCUT2D eigenvalue weighted by Crippen LogP contribution is -2.02. The number of aromatic amines is 1. The highest BCUT2D eigenvalue weighted by Gasteiger charge is 2.17. The van der Waals surface area contributed by atoms with E-state index in [0.717, 1.165) is 6.07 Å². The Hall–Kier alpha value is -2.14. The Kier molecular flexibility index (Phi) is 3.16. The third kappa shape index (κ3) is 2.12. The van der Waals surface area contributed by atoms with Crippen molar-refractivity contribution in [3.63, 3.8) is 0 Å². The van der Waals surface area contributed by atoms with Crippen molar-refractivity contribution in [2.75, 3.05) is 0 Å². The SMILES string of the molecule is O=C(O)c1cc(C(=O)c2cccc(F)c2Cl)c[nH]1. The summed E-state index contributed by atoms with van der Waals surface area (Å²) in [5.41, 5.74) is -0.0154. The maximum absolute atomic E-state index is 13.2. The Balaban J connectivity index is 2.41. The first kappa shape index (κ1) is 12.3. The number of rotatable bonds is 3. The van der Waals surface area contributed by atoms with E-state index in [-0.39, 0.29) is 21.8 Å². The molecule has 0 spiro atoms. The predicted molar refractivity (Wildman–Crippen MR) is 62.6 cm³/mol. The molecule has 18 heavy (non-hydrogen) atoms. The van der Waals surface area contributed by atoms with Crippen LogP contribution in [0.2, 0.25) is 5.02 Å². The van der Waals surface area contributed by atoms with Crippen LogP contribution in [0.5, 0.6) is 0 Å². The maximum atomic E-state index is 13.2. The molecule has 0 saturated heterocycles. The molecular formula is C12H7ClFNO3. The van der Waals surface area contributed by atoms with Crippen LogP contribution in [0.3, 0.4) is 0 Å². The van der Waals surface area contributed by atoms with E-state index >= 15 is 0 Å². The quantitative estimate of drug-likeness (QED) is 0.840. The van der Waals surface area contributed by atoms with Gasteiger partial charge in [-0.3, -0.25) is 4.79 Å². The number of nitrogens with one attached hydrogen (secondary N) is 1. The molecule has 92 valence electrons. The van der Waals surface area contributed by atoms with Crippen molar-refractivity contribution in [2.45, 2.75) is 0 Å². The second-order valence-electron chi connectivity index (χ2n) is 3.54. The molecule has 1 aromatic heterocycles. The highest BCUT2D eigenvalue weighted by Crippen LogP contribution is 2.22. The molecule has 2 rings (SSSR count). The van der Waals surface area contributed by atoms with E-state index in [2.05, 4.69) is 4.98 Å². The molecular weight excluding hydrogens is 261 g/mol. The van der Waals surface area contributed by atoms with E-state index in [9.17, 15) is 14.0 Å². The standard InChI is InChI=1S/C12H7ClFNO3/c13-10-7(2-1-3-8(10)14)11(16)6-4-9(12(17)18)15-5-6/h1-5,15H,(H,17,18). The van der Waals surface area contributed by atoms with Crippen molar-refractivity contribution in [3.05, 3.63) is 58.1 Å². The first-order valence-electron chi connectivity index (χ1n) is 4.91. The minimum absolute atomic E-state index is 0.00685. The van der Waals surface area contributed by atoms with Crippen molar-refractivity contribution in [2.24, 2.45) is 0 Å². The van der Waals surface area contributed by atoms with Gasteiger partial charge in [0.05, 0.1) is 5.02 Å². The number of carbonyl (C=O) groups excluding carboxylic acids is 1. The predicted octanol–water partition coefficient (Wildman–Crippen LogP) is 2.74. The van der Waals surface area contributed by atoms with Gasteiger partial charge in [-0.25, -0.2) is 9.18 Å². The molecule has 6 heteroatoms. The molecule has 0 amide bonds. The lowest BCUT2D eigenvalue weighted by atomic mass is 10.1. The smallest absolute Gasteiger partial charge is 0.352 e. The summed E-state index contributed by atoms with van der Waals surface area (Å²) in [6.07, 6.45) is 1.24. The molecule has 2 aromatic rings. The number of carboxylic acids is 1.